The van der Waals surface area contributed by atoms with Gasteiger partial charge in [-0.3, -0.25) is 4.79 Å². The summed E-state index contributed by atoms with van der Waals surface area (Å²) in [4.78, 5) is 12.8. The number of anilines is 1. The van der Waals surface area contributed by atoms with Crippen LogP contribution in [-0.2, 0) is 21.2 Å². The summed E-state index contributed by atoms with van der Waals surface area (Å²) in [6, 6.07) is 11.9. The van der Waals surface area contributed by atoms with Gasteiger partial charge in [-0.1, -0.05) is 25.0 Å². The minimum Gasteiger partial charge on any atom is -0.495 e. The number of amides is 1. The molecule has 2 aromatic carbocycles. The number of nitrogens with zero attached hydrogens (tertiary/aromatic N) is 1. The fourth-order valence-electron chi connectivity index (χ4n) is 3.63. The summed E-state index contributed by atoms with van der Waals surface area (Å²) in [5, 5.41) is 2.80. The molecule has 168 valence electrons. The van der Waals surface area contributed by atoms with Crippen molar-refractivity contribution in [1.82, 2.24) is 4.31 Å². The first-order chi connectivity index (χ1) is 14.9. The van der Waals surface area contributed by atoms with Gasteiger partial charge >= 0.3 is 0 Å². The monoisotopic (exact) mass is 446 g/mol. The number of methoxy groups -OCH3 is 1. The number of nitrogens with one attached hydrogen (secondary N) is 1. The maximum absolute atomic E-state index is 13.1. The molecule has 31 heavy (non-hydrogen) atoms. The Kier molecular flexibility index (Phi) is 7.92. The van der Waals surface area contributed by atoms with Crippen molar-refractivity contribution in [2.24, 2.45) is 0 Å². The molecule has 8 heteroatoms. The average Bonchev–Trinajstić information content (AvgIpc) is 3.05. The van der Waals surface area contributed by atoms with Crippen molar-refractivity contribution in [3.05, 3.63) is 48.0 Å². The largest absolute Gasteiger partial charge is 0.495 e. The Morgan fingerprint density at radius 1 is 1.03 bits per heavy atom. The summed E-state index contributed by atoms with van der Waals surface area (Å²) in [6.07, 6.45) is 3.96. The van der Waals surface area contributed by atoms with Crippen molar-refractivity contribution in [3.63, 3.8) is 0 Å². The molecule has 0 unspecified atom stereocenters. The van der Waals surface area contributed by atoms with Gasteiger partial charge in [-0.25, -0.2) is 8.42 Å². The Morgan fingerprint density at radius 3 is 2.32 bits per heavy atom. The SMILES string of the molecule is CCOc1ccc(CC(=O)Nc2cc(S(=O)(=O)N3CCCCCC3)ccc2OC)cc1. The zero-order valence-electron chi connectivity index (χ0n) is 18.1. The van der Waals surface area contributed by atoms with Crippen molar-refractivity contribution in [1.29, 1.82) is 0 Å². The van der Waals surface area contributed by atoms with E-state index >= 15 is 0 Å². The van der Waals surface area contributed by atoms with E-state index in [1.165, 1.54) is 23.5 Å². The zero-order valence-corrected chi connectivity index (χ0v) is 18.9. The highest BCUT2D eigenvalue weighted by Gasteiger charge is 2.26. The lowest BCUT2D eigenvalue weighted by molar-refractivity contribution is -0.115. The van der Waals surface area contributed by atoms with Gasteiger partial charge in [0.25, 0.3) is 0 Å². The lowest BCUT2D eigenvalue weighted by atomic mass is 10.1. The van der Waals surface area contributed by atoms with E-state index in [1.54, 1.807) is 6.07 Å². The van der Waals surface area contributed by atoms with E-state index in [0.29, 0.717) is 31.1 Å². The van der Waals surface area contributed by atoms with Gasteiger partial charge in [-0.05, 0) is 55.7 Å². The highest BCUT2D eigenvalue weighted by molar-refractivity contribution is 7.89. The van der Waals surface area contributed by atoms with Gasteiger partial charge < -0.3 is 14.8 Å². The quantitative estimate of drug-likeness (QED) is 0.666. The van der Waals surface area contributed by atoms with E-state index in [9.17, 15) is 13.2 Å². The Bertz CT molecular complexity index is 982. The second-order valence-electron chi connectivity index (χ2n) is 7.48. The number of carbonyl (C=O) groups is 1. The van der Waals surface area contributed by atoms with Crippen molar-refractivity contribution in [2.75, 3.05) is 32.1 Å². The molecule has 0 saturated carbocycles. The van der Waals surface area contributed by atoms with Crippen LogP contribution in [-0.4, -0.2) is 45.4 Å². The molecule has 1 aliphatic rings. The van der Waals surface area contributed by atoms with Crippen molar-refractivity contribution in [3.8, 4) is 11.5 Å². The van der Waals surface area contributed by atoms with Gasteiger partial charge in [0.1, 0.15) is 11.5 Å². The summed E-state index contributed by atoms with van der Waals surface area (Å²) >= 11 is 0. The Hall–Kier alpha value is -2.58. The molecule has 0 bridgehead atoms. The lowest BCUT2D eigenvalue weighted by Crippen LogP contribution is -2.32. The van der Waals surface area contributed by atoms with Crippen molar-refractivity contribution < 1.29 is 22.7 Å². The molecular formula is C23H30N2O5S. The van der Waals surface area contributed by atoms with Gasteiger partial charge in [0.15, 0.2) is 0 Å². The van der Waals surface area contributed by atoms with E-state index in [4.69, 9.17) is 9.47 Å². The molecule has 1 saturated heterocycles. The van der Waals surface area contributed by atoms with Crippen molar-refractivity contribution >= 4 is 21.6 Å². The highest BCUT2D eigenvalue weighted by atomic mass is 32.2. The van der Waals surface area contributed by atoms with E-state index in [-0.39, 0.29) is 17.2 Å². The number of carbonyl (C=O) groups excluding carboxylic acids is 1. The van der Waals surface area contributed by atoms with Gasteiger partial charge in [0.05, 0.1) is 30.7 Å². The summed E-state index contributed by atoms with van der Waals surface area (Å²) in [5.74, 6) is 0.904. The van der Waals surface area contributed by atoms with Crippen LogP contribution in [0.1, 0.15) is 38.2 Å². The fourth-order valence-corrected chi connectivity index (χ4v) is 5.17. The second-order valence-corrected chi connectivity index (χ2v) is 9.42. The predicted molar refractivity (Wildman–Crippen MR) is 120 cm³/mol. The second kappa shape index (κ2) is 10.6. The molecule has 1 aliphatic heterocycles. The van der Waals surface area contributed by atoms with Crippen LogP contribution in [0.4, 0.5) is 5.69 Å². The first kappa shape index (κ1) is 23.1. The van der Waals surface area contributed by atoms with E-state index in [1.807, 2.05) is 31.2 Å². The summed E-state index contributed by atoms with van der Waals surface area (Å²) < 4.78 is 38.5. The van der Waals surface area contributed by atoms with Gasteiger partial charge in [-0.15, -0.1) is 0 Å². The first-order valence-corrected chi connectivity index (χ1v) is 12.1. The number of rotatable bonds is 8. The number of hydrogen-bond donors (Lipinski definition) is 1. The molecule has 0 aliphatic carbocycles. The summed E-state index contributed by atoms with van der Waals surface area (Å²) in [6.45, 7) is 3.54. The Morgan fingerprint density at radius 2 is 1.71 bits per heavy atom. The first-order valence-electron chi connectivity index (χ1n) is 10.6. The Labute approximate surface area is 184 Å². The summed E-state index contributed by atoms with van der Waals surface area (Å²) in [7, 11) is -2.14. The highest BCUT2D eigenvalue weighted by Crippen LogP contribution is 2.30. The van der Waals surface area contributed by atoms with Crippen LogP contribution >= 0.6 is 0 Å². The third-order valence-electron chi connectivity index (χ3n) is 5.25. The number of benzene rings is 2. The molecule has 7 nitrogen and oxygen atoms in total. The maximum Gasteiger partial charge on any atom is 0.243 e. The molecule has 3 rings (SSSR count). The molecule has 1 fully saturated rings. The molecule has 2 aromatic rings. The zero-order chi connectivity index (χ0) is 22.3. The molecular weight excluding hydrogens is 416 g/mol. The number of hydrogen-bond acceptors (Lipinski definition) is 5. The van der Waals surface area contributed by atoms with Gasteiger partial charge in [0, 0.05) is 13.1 Å². The van der Waals surface area contributed by atoms with Crippen LogP contribution in [0.3, 0.4) is 0 Å². The van der Waals surface area contributed by atoms with Gasteiger partial charge in [0.2, 0.25) is 15.9 Å². The molecule has 0 atom stereocenters. The minimum atomic E-state index is -3.63. The van der Waals surface area contributed by atoms with Crippen LogP contribution in [0.25, 0.3) is 0 Å². The van der Waals surface area contributed by atoms with Crippen LogP contribution < -0.4 is 14.8 Å². The predicted octanol–water partition coefficient (Wildman–Crippen LogP) is 3.84. The van der Waals surface area contributed by atoms with Crippen LogP contribution in [0.15, 0.2) is 47.4 Å². The number of sulfonamides is 1. The van der Waals surface area contributed by atoms with E-state index in [2.05, 4.69) is 5.32 Å². The molecule has 1 heterocycles. The number of ether oxygens (including phenoxy) is 2. The smallest absolute Gasteiger partial charge is 0.243 e. The van der Waals surface area contributed by atoms with Gasteiger partial charge in [-0.2, -0.15) is 4.31 Å². The topological polar surface area (TPSA) is 84.9 Å². The van der Waals surface area contributed by atoms with E-state index < -0.39 is 10.0 Å². The standard InChI is InChI=1S/C23H30N2O5S/c1-3-30-19-10-8-18(9-11-19)16-23(26)24-21-17-20(12-13-22(21)29-2)31(27,28)25-14-6-4-5-7-15-25/h8-13,17H,3-7,14-16H2,1-2H3,(H,24,26). The third-order valence-corrected chi connectivity index (χ3v) is 7.14. The average molecular weight is 447 g/mol. The molecule has 0 radical (unpaired) electrons. The fraction of sp³-hybridized carbons (Fsp3) is 0.435. The third kappa shape index (κ3) is 5.98. The van der Waals surface area contributed by atoms with Crippen LogP contribution in [0.2, 0.25) is 0 Å². The van der Waals surface area contributed by atoms with E-state index in [0.717, 1.165) is 37.0 Å². The summed E-state index contributed by atoms with van der Waals surface area (Å²) in [5.41, 5.74) is 1.17. The van der Waals surface area contributed by atoms with Crippen molar-refractivity contribution in [2.45, 2.75) is 43.9 Å². The van der Waals surface area contributed by atoms with Crippen LogP contribution in [0.5, 0.6) is 11.5 Å². The molecule has 0 spiro atoms. The molecule has 1 amide bonds. The molecule has 0 aromatic heterocycles. The molecule has 1 N–H and O–H groups in total. The van der Waals surface area contributed by atoms with Crippen LogP contribution in [0, 0.1) is 0 Å². The maximum atomic E-state index is 13.1. The Balaban J connectivity index is 1.76. The lowest BCUT2D eigenvalue weighted by Gasteiger charge is -2.21. The minimum absolute atomic E-state index is 0.151. The normalized spacial score (nSPS) is 15.2.